The summed E-state index contributed by atoms with van der Waals surface area (Å²) in [4.78, 5) is 26.6. The summed E-state index contributed by atoms with van der Waals surface area (Å²) in [6.07, 6.45) is 1.70. The number of anilines is 1. The lowest BCUT2D eigenvalue weighted by molar-refractivity contribution is 0.0873. The van der Waals surface area contributed by atoms with Crippen LogP contribution in [0.2, 0.25) is 5.02 Å². The Morgan fingerprint density at radius 1 is 1.00 bits per heavy atom. The van der Waals surface area contributed by atoms with Crippen LogP contribution in [0.3, 0.4) is 0 Å². The molecule has 2 aromatic heterocycles. The largest absolute Gasteiger partial charge is 0.382 e. The molecule has 1 saturated heterocycles. The first-order valence-corrected chi connectivity index (χ1v) is 10.0. The lowest BCUT2D eigenvalue weighted by atomic mass is 9.95. The van der Waals surface area contributed by atoms with Crippen LogP contribution < -0.4 is 11.1 Å². The first-order valence-electron chi connectivity index (χ1n) is 9.64. The van der Waals surface area contributed by atoms with Gasteiger partial charge in [-0.05, 0) is 18.2 Å². The van der Waals surface area contributed by atoms with Crippen molar-refractivity contribution in [3.05, 3.63) is 71.5 Å². The minimum Gasteiger partial charge on any atom is -0.382 e. The second kappa shape index (κ2) is 7.48. The molecule has 1 fully saturated rings. The molecule has 0 amide bonds. The Morgan fingerprint density at radius 3 is 2.50 bits per heavy atom. The van der Waals surface area contributed by atoms with Crippen LogP contribution in [0.4, 0.5) is 5.82 Å². The molecule has 1 aliphatic rings. The number of halogens is 1. The second-order valence-corrected chi connectivity index (χ2v) is 7.68. The van der Waals surface area contributed by atoms with Crippen LogP contribution in [0.5, 0.6) is 0 Å². The van der Waals surface area contributed by atoms with E-state index in [4.69, 9.17) is 22.3 Å². The lowest BCUT2D eigenvalue weighted by Gasteiger charge is -2.25. The molecule has 3 heterocycles. The molecule has 4 aromatic rings. The summed E-state index contributed by atoms with van der Waals surface area (Å²) in [7, 11) is 0. The maximum atomic E-state index is 12.9. The van der Waals surface area contributed by atoms with E-state index in [-0.39, 0.29) is 23.2 Å². The van der Waals surface area contributed by atoms with Gasteiger partial charge in [-0.2, -0.15) is 0 Å². The highest BCUT2D eigenvalue weighted by Gasteiger charge is 2.30. The number of nitrogens with one attached hydrogen (secondary N) is 1. The molecule has 0 bridgehead atoms. The third-order valence-corrected chi connectivity index (χ3v) is 5.58. The standard InChI is InChI=1S/C23H18ClN5O/c24-17-10-15(9-14-7-4-8-27-18(14)17)20-19(13-5-2-1-3-6-13)29-23(25)21(28-20)22(30)16-11-26-12-16/h1-10,16,26H,11-12H2,(H2,25,29). The van der Waals surface area contributed by atoms with Crippen LogP contribution in [0.25, 0.3) is 33.4 Å². The summed E-state index contributed by atoms with van der Waals surface area (Å²) in [6.45, 7) is 1.26. The molecule has 30 heavy (non-hydrogen) atoms. The van der Waals surface area contributed by atoms with Crippen molar-refractivity contribution in [3.8, 4) is 22.5 Å². The average Bonchev–Trinajstić information content (AvgIpc) is 2.73. The highest BCUT2D eigenvalue weighted by molar-refractivity contribution is 6.35. The van der Waals surface area contributed by atoms with Crippen LogP contribution >= 0.6 is 11.6 Å². The summed E-state index contributed by atoms with van der Waals surface area (Å²) in [5, 5.41) is 4.50. The third kappa shape index (κ3) is 3.20. The predicted molar refractivity (Wildman–Crippen MR) is 118 cm³/mol. The Labute approximate surface area is 178 Å². The molecule has 7 heteroatoms. The Kier molecular flexibility index (Phi) is 4.65. The Bertz CT molecular complexity index is 1270. The topological polar surface area (TPSA) is 93.8 Å². The number of carbonyl (C=O) groups is 1. The maximum absolute atomic E-state index is 12.9. The number of Topliss-reactive ketones (excluding diaryl/α,β-unsaturated/α-hetero) is 1. The third-order valence-electron chi connectivity index (χ3n) is 5.29. The van der Waals surface area contributed by atoms with Gasteiger partial charge < -0.3 is 11.1 Å². The molecule has 1 aliphatic heterocycles. The van der Waals surface area contributed by atoms with Gasteiger partial charge in [0.2, 0.25) is 0 Å². The Morgan fingerprint density at radius 2 is 1.77 bits per heavy atom. The van der Waals surface area contributed by atoms with Crippen molar-refractivity contribution in [3.63, 3.8) is 0 Å². The summed E-state index contributed by atoms with van der Waals surface area (Å²) in [5.41, 5.74) is 9.90. The van der Waals surface area contributed by atoms with Crippen molar-refractivity contribution >= 4 is 34.1 Å². The van der Waals surface area contributed by atoms with Gasteiger partial charge in [0.25, 0.3) is 0 Å². The van der Waals surface area contributed by atoms with E-state index in [9.17, 15) is 4.79 Å². The maximum Gasteiger partial charge on any atom is 0.190 e. The van der Waals surface area contributed by atoms with Gasteiger partial charge in [-0.3, -0.25) is 9.78 Å². The van der Waals surface area contributed by atoms with Gasteiger partial charge in [-0.1, -0.05) is 48.0 Å². The fourth-order valence-electron chi connectivity index (χ4n) is 3.58. The molecule has 0 radical (unpaired) electrons. The van der Waals surface area contributed by atoms with E-state index in [1.165, 1.54) is 0 Å². The van der Waals surface area contributed by atoms with Gasteiger partial charge in [0.05, 0.1) is 21.9 Å². The minimum absolute atomic E-state index is 0.0897. The number of aromatic nitrogens is 3. The number of ketones is 1. The average molecular weight is 416 g/mol. The summed E-state index contributed by atoms with van der Waals surface area (Å²) in [5.74, 6) is -0.0716. The quantitative estimate of drug-likeness (QED) is 0.489. The Hall–Kier alpha value is -3.35. The smallest absolute Gasteiger partial charge is 0.190 e. The number of benzene rings is 2. The highest BCUT2D eigenvalue weighted by Crippen LogP contribution is 2.35. The summed E-state index contributed by atoms with van der Waals surface area (Å²) in [6, 6.07) is 17.2. The first kappa shape index (κ1) is 18.7. The van der Waals surface area contributed by atoms with Crippen LogP contribution in [-0.2, 0) is 0 Å². The van der Waals surface area contributed by atoms with Crippen LogP contribution in [0.15, 0.2) is 60.8 Å². The van der Waals surface area contributed by atoms with E-state index < -0.39 is 0 Å². The molecule has 0 spiro atoms. The normalized spacial score (nSPS) is 13.9. The van der Waals surface area contributed by atoms with Crippen LogP contribution in [-0.4, -0.2) is 33.8 Å². The fourth-order valence-corrected chi connectivity index (χ4v) is 3.86. The number of nitrogen functional groups attached to an aromatic ring is 1. The molecule has 0 atom stereocenters. The number of pyridine rings is 1. The van der Waals surface area contributed by atoms with E-state index in [0.29, 0.717) is 35.0 Å². The van der Waals surface area contributed by atoms with Gasteiger partial charge in [-0.15, -0.1) is 0 Å². The molecule has 5 rings (SSSR count). The van der Waals surface area contributed by atoms with Crippen molar-refractivity contribution in [2.24, 2.45) is 5.92 Å². The van der Waals surface area contributed by atoms with E-state index in [1.807, 2.05) is 54.6 Å². The Balaban J connectivity index is 1.75. The van der Waals surface area contributed by atoms with E-state index in [2.05, 4.69) is 15.3 Å². The van der Waals surface area contributed by atoms with Crippen molar-refractivity contribution in [1.82, 2.24) is 20.3 Å². The molecule has 3 N–H and O–H groups in total. The van der Waals surface area contributed by atoms with Crippen LogP contribution in [0.1, 0.15) is 10.5 Å². The predicted octanol–water partition coefficient (Wildman–Crippen LogP) is 4.00. The highest BCUT2D eigenvalue weighted by atomic mass is 35.5. The van der Waals surface area contributed by atoms with E-state index in [1.54, 1.807) is 6.20 Å². The second-order valence-electron chi connectivity index (χ2n) is 7.27. The van der Waals surface area contributed by atoms with Crippen molar-refractivity contribution in [2.45, 2.75) is 0 Å². The molecule has 0 unspecified atom stereocenters. The van der Waals surface area contributed by atoms with Gasteiger partial charge in [0.1, 0.15) is 5.69 Å². The molecule has 0 aliphatic carbocycles. The number of carbonyl (C=O) groups excluding carboxylic acids is 1. The number of hydrogen-bond acceptors (Lipinski definition) is 6. The van der Waals surface area contributed by atoms with Gasteiger partial charge in [-0.25, -0.2) is 9.97 Å². The zero-order valence-electron chi connectivity index (χ0n) is 16.0. The van der Waals surface area contributed by atoms with Crippen molar-refractivity contribution < 1.29 is 4.79 Å². The minimum atomic E-state index is -0.124. The first-order chi connectivity index (χ1) is 14.6. The lowest BCUT2D eigenvalue weighted by Crippen LogP contribution is -2.47. The summed E-state index contributed by atoms with van der Waals surface area (Å²) >= 11 is 6.52. The van der Waals surface area contributed by atoms with E-state index in [0.717, 1.165) is 16.5 Å². The van der Waals surface area contributed by atoms with Crippen LogP contribution in [0, 0.1) is 5.92 Å². The van der Waals surface area contributed by atoms with E-state index >= 15 is 0 Å². The zero-order chi connectivity index (χ0) is 20.7. The molecule has 148 valence electrons. The van der Waals surface area contributed by atoms with Crippen molar-refractivity contribution in [2.75, 3.05) is 18.8 Å². The molecular weight excluding hydrogens is 398 g/mol. The van der Waals surface area contributed by atoms with Gasteiger partial charge >= 0.3 is 0 Å². The molecular formula is C23H18ClN5O. The number of hydrogen-bond donors (Lipinski definition) is 2. The number of nitrogens with zero attached hydrogens (tertiary/aromatic N) is 3. The molecule has 6 nitrogen and oxygen atoms in total. The summed E-state index contributed by atoms with van der Waals surface area (Å²) < 4.78 is 0. The van der Waals surface area contributed by atoms with Crippen molar-refractivity contribution in [1.29, 1.82) is 0 Å². The monoisotopic (exact) mass is 415 g/mol. The number of fused-ring (bicyclic) bond motifs is 1. The zero-order valence-corrected chi connectivity index (χ0v) is 16.7. The number of rotatable bonds is 4. The molecule has 2 aromatic carbocycles. The van der Waals surface area contributed by atoms with Gasteiger partial charge in [0.15, 0.2) is 11.6 Å². The van der Waals surface area contributed by atoms with Gasteiger partial charge in [0, 0.05) is 41.7 Å². The molecule has 0 saturated carbocycles. The fraction of sp³-hybridized carbons (Fsp3) is 0.130. The number of nitrogens with two attached hydrogens (primary N) is 1. The SMILES string of the molecule is Nc1nc(-c2ccccc2)c(-c2cc(Cl)c3ncccc3c2)nc1C(=O)C1CNC1.